The van der Waals surface area contributed by atoms with Gasteiger partial charge in [-0.2, -0.15) is 0 Å². The SMILES string of the molecule is COC1CCN(CC(=O)c2cc(C)n(-c3ccc4c(c3)OCCO4)c2C)CC1. The lowest BCUT2D eigenvalue weighted by Gasteiger charge is -2.30. The Bertz CT molecular complexity index is 866. The molecule has 150 valence electrons. The van der Waals surface area contributed by atoms with Gasteiger partial charge in [-0.05, 0) is 44.9 Å². The Morgan fingerprint density at radius 3 is 2.54 bits per heavy atom. The van der Waals surface area contributed by atoms with E-state index in [1.165, 1.54) is 0 Å². The molecular weight excluding hydrogens is 356 g/mol. The van der Waals surface area contributed by atoms with Crippen molar-refractivity contribution in [2.45, 2.75) is 32.8 Å². The van der Waals surface area contributed by atoms with Gasteiger partial charge in [-0.1, -0.05) is 0 Å². The van der Waals surface area contributed by atoms with Gasteiger partial charge < -0.3 is 18.8 Å². The number of fused-ring (bicyclic) bond motifs is 1. The Morgan fingerprint density at radius 1 is 1.11 bits per heavy atom. The summed E-state index contributed by atoms with van der Waals surface area (Å²) in [6.45, 7) is 7.45. The number of benzene rings is 1. The van der Waals surface area contributed by atoms with Crippen LogP contribution in [-0.4, -0.2) is 61.3 Å². The number of carbonyl (C=O) groups excluding carboxylic acids is 1. The molecule has 28 heavy (non-hydrogen) atoms. The highest BCUT2D eigenvalue weighted by atomic mass is 16.6. The fourth-order valence-electron chi connectivity index (χ4n) is 4.20. The molecule has 0 aliphatic carbocycles. The van der Waals surface area contributed by atoms with Crippen LogP contribution in [0.3, 0.4) is 0 Å². The van der Waals surface area contributed by atoms with Crippen LogP contribution in [0.1, 0.15) is 34.6 Å². The van der Waals surface area contributed by atoms with Crippen LogP contribution in [-0.2, 0) is 4.74 Å². The summed E-state index contributed by atoms with van der Waals surface area (Å²) in [4.78, 5) is 15.2. The molecule has 1 fully saturated rings. The van der Waals surface area contributed by atoms with Gasteiger partial charge in [-0.25, -0.2) is 0 Å². The molecule has 2 aromatic rings. The van der Waals surface area contributed by atoms with E-state index in [4.69, 9.17) is 14.2 Å². The molecule has 0 unspecified atom stereocenters. The van der Waals surface area contributed by atoms with Crippen LogP contribution in [0.2, 0.25) is 0 Å². The maximum absolute atomic E-state index is 13.0. The van der Waals surface area contributed by atoms with E-state index in [1.807, 2.05) is 38.1 Å². The maximum Gasteiger partial charge on any atom is 0.178 e. The van der Waals surface area contributed by atoms with Gasteiger partial charge in [0, 0.05) is 48.9 Å². The first-order valence-corrected chi connectivity index (χ1v) is 9.94. The molecule has 3 heterocycles. The predicted octanol–water partition coefficient (Wildman–Crippen LogP) is 3.16. The summed E-state index contributed by atoms with van der Waals surface area (Å²) >= 11 is 0. The number of hydrogen-bond donors (Lipinski definition) is 0. The van der Waals surface area contributed by atoms with Crippen LogP contribution in [0.5, 0.6) is 11.5 Å². The number of hydrogen-bond acceptors (Lipinski definition) is 5. The lowest BCUT2D eigenvalue weighted by Crippen LogP contribution is -2.39. The molecule has 0 atom stereocenters. The Hall–Kier alpha value is -2.31. The number of rotatable bonds is 5. The van der Waals surface area contributed by atoms with E-state index in [9.17, 15) is 4.79 Å². The van der Waals surface area contributed by atoms with Gasteiger partial charge in [0.1, 0.15) is 13.2 Å². The first-order valence-electron chi connectivity index (χ1n) is 9.94. The molecule has 0 bridgehead atoms. The minimum absolute atomic E-state index is 0.174. The fourth-order valence-corrected chi connectivity index (χ4v) is 4.20. The lowest BCUT2D eigenvalue weighted by molar-refractivity contribution is 0.0401. The summed E-state index contributed by atoms with van der Waals surface area (Å²) < 4.78 is 18.9. The van der Waals surface area contributed by atoms with Gasteiger partial charge in [0.2, 0.25) is 0 Å². The van der Waals surface area contributed by atoms with Crippen molar-refractivity contribution in [2.24, 2.45) is 0 Å². The first-order chi connectivity index (χ1) is 13.6. The molecule has 0 N–H and O–H groups in total. The van der Waals surface area contributed by atoms with Crippen LogP contribution >= 0.6 is 0 Å². The molecular formula is C22H28N2O4. The minimum atomic E-state index is 0.174. The molecule has 0 radical (unpaired) electrons. The van der Waals surface area contributed by atoms with E-state index in [0.29, 0.717) is 25.9 Å². The molecule has 0 amide bonds. The van der Waals surface area contributed by atoms with Crippen molar-refractivity contribution >= 4 is 5.78 Å². The van der Waals surface area contributed by atoms with Crippen LogP contribution < -0.4 is 9.47 Å². The average Bonchev–Trinajstić information content (AvgIpc) is 3.02. The number of likely N-dealkylation sites (tertiary alicyclic amines) is 1. The summed E-state index contributed by atoms with van der Waals surface area (Å²) in [6, 6.07) is 7.93. The number of methoxy groups -OCH3 is 1. The zero-order valence-corrected chi connectivity index (χ0v) is 16.9. The first kappa shape index (κ1) is 19.0. The summed E-state index contributed by atoms with van der Waals surface area (Å²) in [5, 5.41) is 0. The lowest BCUT2D eigenvalue weighted by atomic mass is 10.1. The smallest absolute Gasteiger partial charge is 0.178 e. The zero-order chi connectivity index (χ0) is 19.7. The topological polar surface area (TPSA) is 52.9 Å². The summed E-state index contributed by atoms with van der Waals surface area (Å²) in [5.74, 6) is 1.70. The van der Waals surface area contributed by atoms with E-state index in [1.54, 1.807) is 7.11 Å². The maximum atomic E-state index is 13.0. The highest BCUT2D eigenvalue weighted by Gasteiger charge is 2.23. The van der Waals surface area contributed by atoms with Crippen LogP contribution in [0.4, 0.5) is 0 Å². The van der Waals surface area contributed by atoms with Crippen molar-refractivity contribution in [1.82, 2.24) is 9.47 Å². The Balaban J connectivity index is 1.53. The third kappa shape index (κ3) is 3.66. The van der Waals surface area contributed by atoms with Crippen LogP contribution in [0.15, 0.2) is 24.3 Å². The zero-order valence-electron chi connectivity index (χ0n) is 16.9. The Morgan fingerprint density at radius 2 is 1.82 bits per heavy atom. The van der Waals surface area contributed by atoms with Crippen LogP contribution in [0, 0.1) is 13.8 Å². The number of ketones is 1. The molecule has 1 aromatic carbocycles. The second-order valence-electron chi connectivity index (χ2n) is 7.58. The van der Waals surface area contributed by atoms with E-state index >= 15 is 0 Å². The second kappa shape index (κ2) is 7.97. The normalized spacial score (nSPS) is 17.7. The number of aromatic nitrogens is 1. The molecule has 1 aromatic heterocycles. The van der Waals surface area contributed by atoms with E-state index < -0.39 is 0 Å². The van der Waals surface area contributed by atoms with Crippen molar-refractivity contribution in [1.29, 1.82) is 0 Å². The minimum Gasteiger partial charge on any atom is -0.486 e. The molecule has 0 spiro atoms. The van der Waals surface area contributed by atoms with Crippen molar-refractivity contribution in [3.63, 3.8) is 0 Å². The molecule has 1 saturated heterocycles. The standard InChI is InChI=1S/C22H28N2O4/c1-15-12-19(20(25)14-23-8-6-18(26-3)7-9-23)16(2)24(15)17-4-5-21-22(13-17)28-11-10-27-21/h4-5,12-13,18H,6-11,14H2,1-3H3. The molecule has 6 nitrogen and oxygen atoms in total. The third-order valence-corrected chi connectivity index (χ3v) is 5.75. The van der Waals surface area contributed by atoms with Gasteiger partial charge >= 0.3 is 0 Å². The van der Waals surface area contributed by atoms with Gasteiger partial charge in [0.25, 0.3) is 0 Å². The quantitative estimate of drug-likeness (QED) is 0.741. The molecule has 6 heteroatoms. The summed E-state index contributed by atoms with van der Waals surface area (Å²) in [7, 11) is 1.76. The third-order valence-electron chi connectivity index (χ3n) is 5.75. The van der Waals surface area contributed by atoms with Crippen molar-refractivity contribution in [3.05, 3.63) is 41.2 Å². The number of aryl methyl sites for hydroxylation is 1. The summed E-state index contributed by atoms with van der Waals surface area (Å²) in [6.07, 6.45) is 2.30. The van der Waals surface area contributed by atoms with Gasteiger partial charge in [-0.3, -0.25) is 9.69 Å². The number of piperidine rings is 1. The van der Waals surface area contributed by atoms with Gasteiger partial charge in [0.15, 0.2) is 17.3 Å². The van der Waals surface area contributed by atoms with Crippen molar-refractivity contribution in [2.75, 3.05) is 40.0 Å². The highest BCUT2D eigenvalue weighted by molar-refractivity contribution is 5.99. The van der Waals surface area contributed by atoms with Gasteiger partial charge in [-0.15, -0.1) is 0 Å². The largest absolute Gasteiger partial charge is 0.486 e. The monoisotopic (exact) mass is 384 g/mol. The molecule has 4 rings (SSSR count). The molecule has 0 saturated carbocycles. The molecule has 2 aliphatic heterocycles. The Kier molecular flexibility index (Phi) is 5.42. The number of ether oxygens (including phenoxy) is 3. The van der Waals surface area contributed by atoms with Crippen molar-refractivity contribution < 1.29 is 19.0 Å². The molecule has 2 aliphatic rings. The van der Waals surface area contributed by atoms with Crippen molar-refractivity contribution in [3.8, 4) is 17.2 Å². The Labute approximate surface area is 166 Å². The van der Waals surface area contributed by atoms with E-state index in [2.05, 4.69) is 9.47 Å². The number of nitrogens with zero attached hydrogens (tertiary/aromatic N) is 2. The average molecular weight is 384 g/mol. The van der Waals surface area contributed by atoms with Gasteiger partial charge in [0.05, 0.1) is 12.6 Å². The van der Waals surface area contributed by atoms with E-state index in [-0.39, 0.29) is 5.78 Å². The highest BCUT2D eigenvalue weighted by Crippen LogP contribution is 2.33. The second-order valence-corrected chi connectivity index (χ2v) is 7.58. The number of Topliss-reactive ketones (excluding diaryl/α,β-unsaturated/α-hetero) is 1. The fraction of sp³-hybridized carbons (Fsp3) is 0.500. The predicted molar refractivity (Wildman–Crippen MR) is 107 cm³/mol. The van der Waals surface area contributed by atoms with Crippen LogP contribution in [0.25, 0.3) is 5.69 Å². The van der Waals surface area contributed by atoms with E-state index in [0.717, 1.165) is 60.1 Å². The summed E-state index contributed by atoms with van der Waals surface area (Å²) in [5.41, 5.74) is 3.78. The number of carbonyl (C=O) groups is 1.